The average molecular weight is 401 g/mol. The summed E-state index contributed by atoms with van der Waals surface area (Å²) in [7, 11) is 0. The molecule has 1 aromatic carbocycles. The van der Waals surface area contributed by atoms with Gasteiger partial charge in [-0.3, -0.25) is 9.59 Å². The Morgan fingerprint density at radius 1 is 1.18 bits per heavy atom. The van der Waals surface area contributed by atoms with Gasteiger partial charge >= 0.3 is 0 Å². The van der Waals surface area contributed by atoms with E-state index < -0.39 is 11.4 Å². The van der Waals surface area contributed by atoms with Gasteiger partial charge in [-0.1, -0.05) is 6.07 Å². The molecule has 0 atom stereocenters. The van der Waals surface area contributed by atoms with E-state index in [0.717, 1.165) is 4.88 Å². The summed E-state index contributed by atoms with van der Waals surface area (Å²) in [5.74, 6) is -0.855. The lowest BCUT2D eigenvalue weighted by atomic mass is 10.1. The van der Waals surface area contributed by atoms with Crippen molar-refractivity contribution >= 4 is 23.2 Å². The number of hydrogen-bond donors (Lipinski definition) is 2. The normalized spacial score (nSPS) is 11.3. The Hall–Kier alpha value is -3.07. The van der Waals surface area contributed by atoms with Crippen molar-refractivity contribution in [1.29, 1.82) is 0 Å². The number of halogens is 1. The van der Waals surface area contributed by atoms with Crippen molar-refractivity contribution in [3.05, 3.63) is 53.4 Å². The average Bonchev–Trinajstić information content (AvgIpc) is 3.28. The fourth-order valence-electron chi connectivity index (χ4n) is 2.44. The first-order valence-electron chi connectivity index (χ1n) is 8.59. The van der Waals surface area contributed by atoms with Gasteiger partial charge in [-0.05, 0) is 56.5 Å². The van der Waals surface area contributed by atoms with Gasteiger partial charge < -0.3 is 10.6 Å². The van der Waals surface area contributed by atoms with E-state index in [2.05, 4.69) is 20.7 Å². The number of carbonyl (C=O) groups is 2. The number of nitrogens with zero attached hydrogens (tertiary/aromatic N) is 3. The predicted molar refractivity (Wildman–Crippen MR) is 105 cm³/mol. The predicted octanol–water partition coefficient (Wildman–Crippen LogP) is 2.78. The molecule has 2 N–H and O–H groups in total. The van der Waals surface area contributed by atoms with Crippen LogP contribution in [0.1, 0.15) is 31.4 Å². The maximum atomic E-state index is 13.3. The molecule has 3 rings (SSSR count). The molecule has 7 nitrogen and oxygen atoms in total. The third-order valence-corrected chi connectivity index (χ3v) is 4.41. The van der Waals surface area contributed by atoms with Gasteiger partial charge in [0.1, 0.15) is 5.82 Å². The molecule has 0 fully saturated rings. The minimum Gasteiger partial charge on any atom is -0.350 e. The number of amides is 2. The van der Waals surface area contributed by atoms with Crippen LogP contribution < -0.4 is 10.6 Å². The van der Waals surface area contributed by atoms with Crippen LogP contribution in [-0.2, 0) is 4.79 Å². The van der Waals surface area contributed by atoms with Gasteiger partial charge in [-0.2, -0.15) is 0 Å². The summed E-state index contributed by atoms with van der Waals surface area (Å²) in [4.78, 5) is 29.5. The van der Waals surface area contributed by atoms with Gasteiger partial charge in [-0.15, -0.1) is 16.4 Å². The standard InChI is InChI=1S/C19H20FN5O2S/c1-19(2,3)23-15(26)11-21-18(27)16-22-17(14-5-4-10-28-14)25(24-16)13-8-6-12(20)7-9-13/h4-10H,11H2,1-3H3,(H,21,27)(H,23,26). The molecule has 2 aromatic heterocycles. The zero-order valence-corrected chi connectivity index (χ0v) is 16.5. The zero-order chi connectivity index (χ0) is 20.3. The van der Waals surface area contributed by atoms with E-state index in [1.165, 1.54) is 28.2 Å². The van der Waals surface area contributed by atoms with Gasteiger partial charge in [0.25, 0.3) is 5.91 Å². The van der Waals surface area contributed by atoms with E-state index in [1.54, 1.807) is 12.1 Å². The van der Waals surface area contributed by atoms with E-state index in [-0.39, 0.29) is 24.1 Å². The van der Waals surface area contributed by atoms with Gasteiger partial charge in [0.2, 0.25) is 11.7 Å². The molecule has 3 aromatic rings. The lowest BCUT2D eigenvalue weighted by molar-refractivity contribution is -0.121. The first-order chi connectivity index (χ1) is 13.2. The minimum absolute atomic E-state index is 0.0729. The van der Waals surface area contributed by atoms with Crippen LogP contribution in [0.3, 0.4) is 0 Å². The summed E-state index contributed by atoms with van der Waals surface area (Å²) in [6, 6.07) is 9.45. The van der Waals surface area contributed by atoms with Crippen LogP contribution in [0.25, 0.3) is 16.4 Å². The lowest BCUT2D eigenvalue weighted by Crippen LogP contribution is -2.46. The largest absolute Gasteiger partial charge is 0.350 e. The van der Waals surface area contributed by atoms with Crippen LogP contribution in [-0.4, -0.2) is 38.7 Å². The molecule has 146 valence electrons. The number of aromatic nitrogens is 3. The maximum absolute atomic E-state index is 13.3. The van der Waals surface area contributed by atoms with Crippen LogP contribution in [0.5, 0.6) is 0 Å². The topological polar surface area (TPSA) is 88.9 Å². The number of benzene rings is 1. The molecule has 0 unspecified atom stereocenters. The van der Waals surface area contributed by atoms with Crippen LogP contribution in [0.15, 0.2) is 41.8 Å². The highest BCUT2D eigenvalue weighted by molar-refractivity contribution is 7.13. The summed E-state index contributed by atoms with van der Waals surface area (Å²) >= 11 is 1.44. The second kappa shape index (κ2) is 7.89. The molecule has 0 radical (unpaired) electrons. The van der Waals surface area contributed by atoms with Crippen molar-refractivity contribution in [2.45, 2.75) is 26.3 Å². The molecule has 0 aliphatic heterocycles. The van der Waals surface area contributed by atoms with Crippen LogP contribution >= 0.6 is 11.3 Å². The van der Waals surface area contributed by atoms with Gasteiger partial charge in [0.15, 0.2) is 5.82 Å². The van der Waals surface area contributed by atoms with Crippen LogP contribution in [0, 0.1) is 5.82 Å². The molecule has 0 bridgehead atoms. The summed E-state index contributed by atoms with van der Waals surface area (Å²) in [6.07, 6.45) is 0. The maximum Gasteiger partial charge on any atom is 0.291 e. The van der Waals surface area contributed by atoms with Crippen molar-refractivity contribution in [3.63, 3.8) is 0 Å². The number of nitrogens with one attached hydrogen (secondary N) is 2. The summed E-state index contributed by atoms with van der Waals surface area (Å²) in [5, 5.41) is 11.4. The third kappa shape index (κ3) is 4.80. The number of thiophene rings is 1. The Labute approximate surface area is 165 Å². The van der Waals surface area contributed by atoms with Crippen LogP contribution in [0.4, 0.5) is 4.39 Å². The molecular weight excluding hydrogens is 381 g/mol. The summed E-state index contributed by atoms with van der Waals surface area (Å²) in [6.45, 7) is 5.37. The fraction of sp³-hybridized carbons (Fsp3) is 0.263. The first-order valence-corrected chi connectivity index (χ1v) is 9.47. The molecule has 0 aliphatic carbocycles. The molecule has 0 aliphatic rings. The van der Waals surface area contributed by atoms with Crippen LogP contribution in [0.2, 0.25) is 0 Å². The van der Waals surface area contributed by atoms with Crippen molar-refractivity contribution in [3.8, 4) is 16.4 Å². The van der Waals surface area contributed by atoms with Crippen molar-refractivity contribution in [2.24, 2.45) is 0 Å². The smallest absolute Gasteiger partial charge is 0.291 e. The van der Waals surface area contributed by atoms with Crippen molar-refractivity contribution < 1.29 is 14.0 Å². The van der Waals surface area contributed by atoms with Gasteiger partial charge in [0.05, 0.1) is 17.1 Å². The third-order valence-electron chi connectivity index (χ3n) is 3.55. The Morgan fingerprint density at radius 3 is 2.50 bits per heavy atom. The SMILES string of the molecule is CC(C)(C)NC(=O)CNC(=O)c1nc(-c2cccs2)n(-c2ccc(F)cc2)n1. The van der Waals surface area contributed by atoms with Gasteiger partial charge in [0, 0.05) is 5.54 Å². The Bertz CT molecular complexity index is 975. The second-order valence-corrected chi connectivity index (χ2v) is 8.05. The quantitative estimate of drug-likeness (QED) is 0.688. The molecule has 0 saturated heterocycles. The number of hydrogen-bond acceptors (Lipinski definition) is 5. The molecule has 9 heteroatoms. The molecule has 0 saturated carbocycles. The molecule has 2 heterocycles. The highest BCUT2D eigenvalue weighted by Crippen LogP contribution is 2.25. The Kier molecular flexibility index (Phi) is 5.55. The van der Waals surface area contributed by atoms with Crippen molar-refractivity contribution in [2.75, 3.05) is 6.54 Å². The van der Waals surface area contributed by atoms with Gasteiger partial charge in [-0.25, -0.2) is 14.1 Å². The highest BCUT2D eigenvalue weighted by atomic mass is 32.1. The lowest BCUT2D eigenvalue weighted by Gasteiger charge is -2.20. The molecule has 28 heavy (non-hydrogen) atoms. The summed E-state index contributed by atoms with van der Waals surface area (Å²) < 4.78 is 14.7. The van der Waals surface area contributed by atoms with E-state index in [0.29, 0.717) is 11.5 Å². The fourth-order valence-corrected chi connectivity index (χ4v) is 3.14. The Morgan fingerprint density at radius 2 is 1.89 bits per heavy atom. The van der Waals surface area contributed by atoms with E-state index in [9.17, 15) is 14.0 Å². The number of rotatable bonds is 5. The first kappa shape index (κ1) is 19.7. The highest BCUT2D eigenvalue weighted by Gasteiger charge is 2.21. The minimum atomic E-state index is -0.567. The second-order valence-electron chi connectivity index (χ2n) is 7.11. The molecule has 0 spiro atoms. The number of carbonyl (C=O) groups excluding carboxylic acids is 2. The zero-order valence-electron chi connectivity index (χ0n) is 15.7. The Balaban J connectivity index is 1.84. The monoisotopic (exact) mass is 401 g/mol. The van der Waals surface area contributed by atoms with E-state index in [4.69, 9.17) is 0 Å². The molecular formula is C19H20FN5O2S. The molecule has 2 amide bonds. The van der Waals surface area contributed by atoms with E-state index in [1.807, 2.05) is 38.3 Å². The summed E-state index contributed by atoms with van der Waals surface area (Å²) in [5.41, 5.74) is 0.179. The van der Waals surface area contributed by atoms with E-state index >= 15 is 0 Å². The van der Waals surface area contributed by atoms with Crippen molar-refractivity contribution in [1.82, 2.24) is 25.4 Å².